The number of rotatable bonds is 9. The largest absolute Gasteiger partial charge is 0.378 e. The first-order chi connectivity index (χ1) is 21.1. The van der Waals surface area contributed by atoms with E-state index in [0.29, 0.717) is 31.9 Å². The Kier molecular flexibility index (Phi) is 7.97. The number of nitrogens with one attached hydrogen (secondary N) is 2. The van der Waals surface area contributed by atoms with Gasteiger partial charge in [-0.1, -0.05) is 38.1 Å². The number of benzene rings is 2. The van der Waals surface area contributed by atoms with E-state index < -0.39 is 5.54 Å². The van der Waals surface area contributed by atoms with Crippen molar-refractivity contribution in [3.8, 4) is 0 Å². The van der Waals surface area contributed by atoms with E-state index >= 15 is 0 Å². The van der Waals surface area contributed by atoms with Gasteiger partial charge < -0.3 is 24.8 Å². The molecule has 0 radical (unpaired) electrons. The molecule has 2 aliphatic rings. The summed E-state index contributed by atoms with van der Waals surface area (Å²) in [6.07, 6.45) is 3.84. The summed E-state index contributed by atoms with van der Waals surface area (Å²) in [5.41, 5.74) is 5.13. The third-order valence-electron chi connectivity index (χ3n) is 9.80. The third-order valence-corrected chi connectivity index (χ3v) is 9.80. The smallest absolute Gasteiger partial charge is 0.249 e. The number of anilines is 2. The lowest BCUT2D eigenvalue weighted by Crippen LogP contribution is -2.54. The van der Waals surface area contributed by atoms with Crippen molar-refractivity contribution in [2.45, 2.75) is 59.0 Å². The molecule has 230 valence electrons. The zero-order chi connectivity index (χ0) is 31.1. The highest BCUT2D eigenvalue weighted by molar-refractivity contribution is 6.00. The molecule has 2 atom stereocenters. The molecule has 1 saturated carbocycles. The van der Waals surface area contributed by atoms with Gasteiger partial charge in [0, 0.05) is 66.4 Å². The van der Waals surface area contributed by atoms with Gasteiger partial charge in [-0.3, -0.25) is 14.6 Å². The number of carbonyl (C=O) groups excluding carboxylic acids is 2. The number of carbonyl (C=O) groups is 2. The number of morpholine rings is 1. The monoisotopic (exact) mass is 593 g/mol. The van der Waals surface area contributed by atoms with Gasteiger partial charge in [-0.2, -0.15) is 0 Å². The van der Waals surface area contributed by atoms with Gasteiger partial charge in [0.15, 0.2) is 0 Å². The summed E-state index contributed by atoms with van der Waals surface area (Å²) in [6, 6.07) is 20.1. The van der Waals surface area contributed by atoms with Crippen LogP contribution in [0.3, 0.4) is 0 Å². The van der Waals surface area contributed by atoms with E-state index in [0.717, 1.165) is 35.6 Å². The second-order valence-corrected chi connectivity index (χ2v) is 13.3. The van der Waals surface area contributed by atoms with Crippen molar-refractivity contribution in [1.82, 2.24) is 14.9 Å². The average Bonchev–Trinajstić information content (AvgIpc) is 3.37. The SMILES string of the molecule is Cc1[nH]c2ccccc2c1[C@@H]1[C@H](CC(=O)N(Cc2cccnc2)C(C)(C)C(=O)Nc2ccc(N3CCOCC3)cc2)C1(C)C. The predicted octanol–water partition coefficient (Wildman–Crippen LogP) is 6.28. The van der Waals surface area contributed by atoms with Crippen LogP contribution in [0, 0.1) is 18.3 Å². The number of nitrogens with zero attached hydrogens (tertiary/aromatic N) is 3. The number of ether oxygens (including phenoxy) is 1. The number of aryl methyl sites for hydroxylation is 1. The Morgan fingerprint density at radius 1 is 1.07 bits per heavy atom. The summed E-state index contributed by atoms with van der Waals surface area (Å²) < 4.78 is 5.47. The van der Waals surface area contributed by atoms with Crippen LogP contribution in [0.15, 0.2) is 73.1 Å². The van der Waals surface area contributed by atoms with E-state index in [1.54, 1.807) is 17.3 Å². The number of aromatic nitrogens is 2. The summed E-state index contributed by atoms with van der Waals surface area (Å²) in [7, 11) is 0. The molecule has 2 fully saturated rings. The van der Waals surface area contributed by atoms with Crippen LogP contribution < -0.4 is 10.2 Å². The van der Waals surface area contributed by atoms with E-state index in [1.165, 1.54) is 10.9 Å². The van der Waals surface area contributed by atoms with Gasteiger partial charge >= 0.3 is 0 Å². The minimum Gasteiger partial charge on any atom is -0.378 e. The Labute approximate surface area is 259 Å². The lowest BCUT2D eigenvalue weighted by atomic mass is 9.98. The molecule has 2 aromatic heterocycles. The minimum absolute atomic E-state index is 0.0327. The van der Waals surface area contributed by atoms with Gasteiger partial charge in [-0.05, 0) is 85.5 Å². The molecule has 8 nitrogen and oxygen atoms in total. The van der Waals surface area contributed by atoms with Crippen LogP contribution >= 0.6 is 0 Å². The number of H-pyrrole nitrogens is 1. The molecule has 4 aromatic rings. The van der Waals surface area contributed by atoms with Gasteiger partial charge in [0.2, 0.25) is 11.8 Å². The lowest BCUT2D eigenvalue weighted by molar-refractivity contribution is -0.145. The molecule has 2 amide bonds. The molecular weight excluding hydrogens is 550 g/mol. The molecule has 0 unspecified atom stereocenters. The van der Waals surface area contributed by atoms with Crippen molar-refractivity contribution >= 4 is 34.1 Å². The molecule has 2 aromatic carbocycles. The fraction of sp³-hybridized carbons (Fsp3) is 0.417. The van der Waals surface area contributed by atoms with Crippen molar-refractivity contribution in [3.63, 3.8) is 0 Å². The molecule has 0 bridgehead atoms. The Morgan fingerprint density at radius 3 is 2.50 bits per heavy atom. The number of fused-ring (bicyclic) bond motifs is 1. The first-order valence-corrected chi connectivity index (χ1v) is 15.6. The number of aromatic amines is 1. The van der Waals surface area contributed by atoms with Crippen molar-refractivity contribution in [2.75, 3.05) is 36.5 Å². The second kappa shape index (κ2) is 11.7. The molecular formula is C36H43N5O3. The summed E-state index contributed by atoms with van der Waals surface area (Å²) in [4.78, 5) is 40.0. The zero-order valence-corrected chi connectivity index (χ0v) is 26.4. The first-order valence-electron chi connectivity index (χ1n) is 15.6. The molecule has 6 rings (SSSR count). The van der Waals surface area contributed by atoms with Crippen molar-refractivity contribution < 1.29 is 14.3 Å². The van der Waals surface area contributed by atoms with E-state index in [2.05, 4.69) is 59.2 Å². The van der Waals surface area contributed by atoms with Crippen LogP contribution in [0.4, 0.5) is 11.4 Å². The standard InChI is InChI=1S/C36H43N5O3/c1-24-32(28-10-6-7-11-30(28)38-24)33-29(35(33,2)3)21-31(42)41(23-25-9-8-16-37-22-25)36(4,5)34(43)39-26-12-14-27(15-13-26)40-17-19-44-20-18-40/h6-16,22,29,33,38H,17-21,23H2,1-5H3,(H,39,43)/t29-,33-/m0/s1. The van der Waals surface area contributed by atoms with Crippen molar-refractivity contribution in [3.05, 3.63) is 89.9 Å². The molecule has 2 N–H and O–H groups in total. The van der Waals surface area contributed by atoms with Crippen LogP contribution in [0.1, 0.15) is 56.9 Å². The summed E-state index contributed by atoms with van der Waals surface area (Å²) in [5.74, 6) is 0.156. The molecule has 1 saturated heterocycles. The molecule has 8 heteroatoms. The Balaban J connectivity index is 1.22. The Hall–Kier alpha value is -4.17. The normalized spacial score (nSPS) is 19.5. The van der Waals surface area contributed by atoms with E-state index in [4.69, 9.17) is 4.74 Å². The van der Waals surface area contributed by atoms with E-state index in [-0.39, 0.29) is 29.1 Å². The summed E-state index contributed by atoms with van der Waals surface area (Å²) in [5, 5.41) is 4.31. The second-order valence-electron chi connectivity index (χ2n) is 13.3. The van der Waals surface area contributed by atoms with E-state index in [1.807, 2.05) is 56.3 Å². The van der Waals surface area contributed by atoms with Crippen LogP contribution in [0.25, 0.3) is 10.9 Å². The van der Waals surface area contributed by atoms with Crippen LogP contribution in [0.2, 0.25) is 0 Å². The summed E-state index contributed by atoms with van der Waals surface area (Å²) >= 11 is 0. The Bertz CT molecular complexity index is 1640. The summed E-state index contributed by atoms with van der Waals surface area (Å²) in [6.45, 7) is 13.7. The van der Waals surface area contributed by atoms with Gasteiger partial charge in [-0.15, -0.1) is 0 Å². The highest BCUT2D eigenvalue weighted by Gasteiger charge is 2.60. The van der Waals surface area contributed by atoms with Gasteiger partial charge in [-0.25, -0.2) is 0 Å². The van der Waals surface area contributed by atoms with Crippen molar-refractivity contribution in [2.24, 2.45) is 11.3 Å². The third kappa shape index (κ3) is 5.71. The first kappa shape index (κ1) is 29.9. The predicted molar refractivity (Wildman–Crippen MR) is 175 cm³/mol. The number of hydrogen-bond donors (Lipinski definition) is 2. The Morgan fingerprint density at radius 2 is 1.80 bits per heavy atom. The molecule has 0 spiro atoms. The van der Waals surface area contributed by atoms with Crippen LogP contribution in [-0.2, 0) is 20.9 Å². The molecule has 1 aliphatic carbocycles. The lowest BCUT2D eigenvalue weighted by Gasteiger charge is -2.37. The highest BCUT2D eigenvalue weighted by atomic mass is 16.5. The molecule has 3 heterocycles. The molecule has 1 aliphatic heterocycles. The highest BCUT2D eigenvalue weighted by Crippen LogP contribution is 2.67. The molecule has 44 heavy (non-hydrogen) atoms. The number of amides is 2. The maximum atomic E-state index is 14.3. The number of hydrogen-bond acceptors (Lipinski definition) is 5. The topological polar surface area (TPSA) is 90.6 Å². The van der Waals surface area contributed by atoms with Crippen LogP contribution in [-0.4, -0.2) is 58.5 Å². The quantitative estimate of drug-likeness (QED) is 0.238. The van der Waals surface area contributed by atoms with E-state index in [9.17, 15) is 9.59 Å². The fourth-order valence-electron chi connectivity index (χ4n) is 6.95. The maximum Gasteiger partial charge on any atom is 0.249 e. The fourth-order valence-corrected chi connectivity index (χ4v) is 6.95. The van der Waals surface area contributed by atoms with Crippen molar-refractivity contribution in [1.29, 1.82) is 0 Å². The number of pyridine rings is 1. The van der Waals surface area contributed by atoms with Gasteiger partial charge in [0.25, 0.3) is 0 Å². The zero-order valence-electron chi connectivity index (χ0n) is 26.4. The minimum atomic E-state index is -1.11. The van der Waals surface area contributed by atoms with Crippen LogP contribution in [0.5, 0.6) is 0 Å². The van der Waals surface area contributed by atoms with Gasteiger partial charge in [0.1, 0.15) is 5.54 Å². The number of para-hydroxylation sites is 1. The maximum absolute atomic E-state index is 14.3. The van der Waals surface area contributed by atoms with Gasteiger partial charge in [0.05, 0.1) is 13.2 Å². The average molecular weight is 594 g/mol.